The zero-order valence-electron chi connectivity index (χ0n) is 17.6. The van der Waals surface area contributed by atoms with Crippen molar-refractivity contribution in [2.75, 3.05) is 18.5 Å². The zero-order valence-corrected chi connectivity index (χ0v) is 18.4. The van der Waals surface area contributed by atoms with Crippen molar-refractivity contribution in [3.05, 3.63) is 84.4 Å². The molecule has 164 valence electrons. The number of anilines is 1. The number of hydrogen-bond donors (Lipinski definition) is 1. The SMILES string of the molecule is CCC(=O)c1ccc(OCC(=O)OCC(=O)Nc2ccccc2Sc2ccccc2)cc1. The van der Waals surface area contributed by atoms with Gasteiger partial charge in [-0.3, -0.25) is 9.59 Å². The fourth-order valence-electron chi connectivity index (χ4n) is 2.73. The van der Waals surface area contributed by atoms with E-state index in [1.165, 1.54) is 11.8 Å². The maximum Gasteiger partial charge on any atom is 0.344 e. The number of ether oxygens (including phenoxy) is 2. The van der Waals surface area contributed by atoms with Crippen molar-refractivity contribution in [2.45, 2.75) is 23.1 Å². The molecule has 0 saturated carbocycles. The van der Waals surface area contributed by atoms with Crippen LogP contribution < -0.4 is 10.1 Å². The summed E-state index contributed by atoms with van der Waals surface area (Å²) < 4.78 is 10.3. The molecular formula is C25H23NO5S. The number of esters is 1. The lowest BCUT2D eigenvalue weighted by molar-refractivity contribution is -0.149. The molecule has 1 N–H and O–H groups in total. The van der Waals surface area contributed by atoms with Crippen molar-refractivity contribution in [3.63, 3.8) is 0 Å². The summed E-state index contributed by atoms with van der Waals surface area (Å²) in [5.41, 5.74) is 1.23. The molecule has 3 aromatic rings. The summed E-state index contributed by atoms with van der Waals surface area (Å²) in [6.07, 6.45) is 0.421. The first-order valence-corrected chi connectivity index (χ1v) is 10.9. The smallest absolute Gasteiger partial charge is 0.344 e. The van der Waals surface area contributed by atoms with E-state index in [-0.39, 0.29) is 12.4 Å². The Kier molecular flexibility index (Phi) is 8.45. The summed E-state index contributed by atoms with van der Waals surface area (Å²) in [6, 6.07) is 23.7. The average Bonchev–Trinajstić information content (AvgIpc) is 2.83. The first-order chi connectivity index (χ1) is 15.5. The van der Waals surface area contributed by atoms with Crippen LogP contribution in [-0.2, 0) is 14.3 Å². The van der Waals surface area contributed by atoms with Gasteiger partial charge in [0, 0.05) is 21.8 Å². The van der Waals surface area contributed by atoms with Gasteiger partial charge < -0.3 is 14.8 Å². The van der Waals surface area contributed by atoms with E-state index in [0.29, 0.717) is 23.4 Å². The molecule has 0 atom stereocenters. The second-order valence-electron chi connectivity index (χ2n) is 6.71. The van der Waals surface area contributed by atoms with E-state index < -0.39 is 18.5 Å². The molecule has 1 amide bonds. The second kappa shape index (κ2) is 11.7. The third-order valence-corrected chi connectivity index (χ3v) is 5.43. The van der Waals surface area contributed by atoms with Crippen LogP contribution in [0.3, 0.4) is 0 Å². The Hall–Kier alpha value is -3.58. The minimum Gasteiger partial charge on any atom is -0.482 e. The predicted octanol–water partition coefficient (Wildman–Crippen LogP) is 4.99. The number of hydrogen-bond acceptors (Lipinski definition) is 6. The van der Waals surface area contributed by atoms with Crippen molar-refractivity contribution in [1.29, 1.82) is 0 Å². The number of carbonyl (C=O) groups is 3. The van der Waals surface area contributed by atoms with Crippen LogP contribution in [0.4, 0.5) is 5.69 Å². The largest absolute Gasteiger partial charge is 0.482 e. The number of nitrogens with one attached hydrogen (secondary N) is 1. The van der Waals surface area contributed by atoms with Crippen LogP contribution in [0.15, 0.2) is 88.7 Å². The number of rotatable bonds is 10. The molecule has 7 heteroatoms. The Bertz CT molecular complexity index is 1070. The summed E-state index contributed by atoms with van der Waals surface area (Å²) in [4.78, 5) is 37.7. The molecule has 0 aromatic heterocycles. The van der Waals surface area contributed by atoms with Crippen LogP contribution >= 0.6 is 11.8 Å². The lowest BCUT2D eigenvalue weighted by Crippen LogP contribution is -2.23. The number of carbonyl (C=O) groups excluding carboxylic acids is 3. The maximum atomic E-state index is 12.3. The van der Waals surface area contributed by atoms with E-state index in [9.17, 15) is 14.4 Å². The third-order valence-electron chi connectivity index (χ3n) is 4.35. The van der Waals surface area contributed by atoms with Crippen LogP contribution in [0.1, 0.15) is 23.7 Å². The first kappa shape index (κ1) is 23.1. The highest BCUT2D eigenvalue weighted by Crippen LogP contribution is 2.33. The zero-order chi connectivity index (χ0) is 22.8. The summed E-state index contributed by atoms with van der Waals surface area (Å²) in [5.74, 6) is -0.640. The predicted molar refractivity (Wildman–Crippen MR) is 123 cm³/mol. The lowest BCUT2D eigenvalue weighted by atomic mass is 10.1. The number of para-hydroxylation sites is 1. The second-order valence-corrected chi connectivity index (χ2v) is 7.83. The van der Waals surface area contributed by atoms with Gasteiger partial charge in [-0.05, 0) is 48.5 Å². The molecule has 0 saturated heterocycles. The van der Waals surface area contributed by atoms with Gasteiger partial charge in [-0.1, -0.05) is 49.0 Å². The van der Waals surface area contributed by atoms with Crippen molar-refractivity contribution in [1.82, 2.24) is 0 Å². The molecule has 3 aromatic carbocycles. The first-order valence-electron chi connectivity index (χ1n) is 10.1. The molecule has 0 unspecified atom stereocenters. The van der Waals surface area contributed by atoms with E-state index >= 15 is 0 Å². The highest BCUT2D eigenvalue weighted by Gasteiger charge is 2.12. The van der Waals surface area contributed by atoms with Gasteiger partial charge in [-0.25, -0.2) is 4.79 Å². The number of ketones is 1. The fraction of sp³-hybridized carbons (Fsp3) is 0.160. The van der Waals surface area contributed by atoms with E-state index in [2.05, 4.69) is 5.32 Å². The topological polar surface area (TPSA) is 81.7 Å². The fourth-order valence-corrected chi connectivity index (χ4v) is 3.65. The number of Topliss-reactive ketones (excluding diaryl/α,β-unsaturated/α-hetero) is 1. The van der Waals surface area contributed by atoms with E-state index in [1.807, 2.05) is 48.5 Å². The van der Waals surface area contributed by atoms with E-state index in [0.717, 1.165) is 9.79 Å². The van der Waals surface area contributed by atoms with Gasteiger partial charge in [0.25, 0.3) is 5.91 Å². The average molecular weight is 450 g/mol. The molecule has 0 heterocycles. The summed E-state index contributed by atoms with van der Waals surface area (Å²) in [5, 5.41) is 2.77. The quantitative estimate of drug-likeness (QED) is 0.347. The van der Waals surface area contributed by atoms with Crippen molar-refractivity contribution in [2.24, 2.45) is 0 Å². The molecule has 0 fully saturated rings. The molecule has 0 radical (unpaired) electrons. The monoisotopic (exact) mass is 449 g/mol. The van der Waals surface area contributed by atoms with Gasteiger partial charge in [0.2, 0.25) is 0 Å². The van der Waals surface area contributed by atoms with E-state index in [1.54, 1.807) is 37.3 Å². The van der Waals surface area contributed by atoms with Crippen LogP contribution in [0.5, 0.6) is 5.75 Å². The Morgan fingerprint density at radius 2 is 1.53 bits per heavy atom. The summed E-state index contributed by atoms with van der Waals surface area (Å²) >= 11 is 1.53. The van der Waals surface area contributed by atoms with Crippen LogP contribution in [0.25, 0.3) is 0 Å². The van der Waals surface area contributed by atoms with Gasteiger partial charge in [-0.2, -0.15) is 0 Å². The van der Waals surface area contributed by atoms with Crippen LogP contribution in [-0.4, -0.2) is 30.9 Å². The van der Waals surface area contributed by atoms with Gasteiger partial charge >= 0.3 is 5.97 Å². The molecule has 0 aliphatic rings. The number of benzene rings is 3. The highest BCUT2D eigenvalue weighted by atomic mass is 32.2. The third kappa shape index (κ3) is 6.99. The minimum absolute atomic E-state index is 0.0331. The van der Waals surface area contributed by atoms with Gasteiger partial charge in [0.15, 0.2) is 19.0 Å². The molecule has 32 heavy (non-hydrogen) atoms. The maximum absolute atomic E-state index is 12.3. The number of amides is 1. The molecule has 0 aliphatic heterocycles. The van der Waals surface area contributed by atoms with Crippen molar-refractivity contribution < 1.29 is 23.9 Å². The highest BCUT2D eigenvalue weighted by molar-refractivity contribution is 7.99. The van der Waals surface area contributed by atoms with Gasteiger partial charge in [-0.15, -0.1) is 0 Å². The Balaban J connectivity index is 1.46. The summed E-state index contributed by atoms with van der Waals surface area (Å²) in [7, 11) is 0. The molecule has 0 spiro atoms. The van der Waals surface area contributed by atoms with Crippen LogP contribution in [0.2, 0.25) is 0 Å². The summed E-state index contributed by atoms with van der Waals surface area (Å²) in [6.45, 7) is 1.03. The lowest BCUT2D eigenvalue weighted by Gasteiger charge is -2.11. The van der Waals surface area contributed by atoms with Crippen molar-refractivity contribution >= 4 is 35.1 Å². The van der Waals surface area contributed by atoms with Crippen molar-refractivity contribution in [3.8, 4) is 5.75 Å². The normalized spacial score (nSPS) is 10.3. The Labute approximate surface area is 190 Å². The Morgan fingerprint density at radius 1 is 0.844 bits per heavy atom. The van der Waals surface area contributed by atoms with E-state index in [4.69, 9.17) is 9.47 Å². The molecule has 3 rings (SSSR count). The Morgan fingerprint density at radius 3 is 2.25 bits per heavy atom. The molecular weight excluding hydrogens is 426 g/mol. The van der Waals surface area contributed by atoms with Gasteiger partial charge in [0.1, 0.15) is 5.75 Å². The molecule has 0 bridgehead atoms. The van der Waals surface area contributed by atoms with Crippen LogP contribution in [0, 0.1) is 0 Å². The molecule has 6 nitrogen and oxygen atoms in total. The molecule has 0 aliphatic carbocycles. The standard InChI is InChI=1S/C25H23NO5S/c1-2-22(27)18-12-14-19(15-13-18)30-17-25(29)31-16-24(28)26-21-10-6-7-11-23(21)32-20-8-4-3-5-9-20/h3-15H,2,16-17H2,1H3,(H,26,28). The minimum atomic E-state index is -0.666. The van der Waals surface area contributed by atoms with Gasteiger partial charge in [0.05, 0.1) is 5.69 Å².